The number of nitrogens with zero attached hydrogens (tertiary/aromatic N) is 1. The zero-order chi connectivity index (χ0) is 17.0. The second-order valence-corrected chi connectivity index (χ2v) is 5.25. The minimum Gasteiger partial charge on any atom is -0.495 e. The number of hydrogen-bond donors (Lipinski definition) is 1. The van der Waals surface area contributed by atoms with Crippen molar-refractivity contribution < 1.29 is 19.2 Å². The highest BCUT2D eigenvalue weighted by Crippen LogP contribution is 2.35. The van der Waals surface area contributed by atoms with Crippen molar-refractivity contribution in [2.75, 3.05) is 19.5 Å². The number of nitrogens with one attached hydrogen (secondary N) is 1. The van der Waals surface area contributed by atoms with Gasteiger partial charge in [-0.25, -0.2) is 0 Å². The molecule has 2 aromatic carbocycles. The van der Waals surface area contributed by atoms with E-state index in [1.165, 1.54) is 32.4 Å². The lowest BCUT2D eigenvalue weighted by Crippen LogP contribution is -2.12. The Balaban J connectivity index is 2.30. The molecule has 2 aromatic rings. The first-order valence-corrected chi connectivity index (χ1v) is 7.23. The SMILES string of the molecule is COc1cc(C(=O)Nc2cccc([N+](=O)[O-])c2)cc(OC)c1Br. The molecule has 0 saturated carbocycles. The van der Waals surface area contributed by atoms with Crippen LogP contribution in [0, 0.1) is 10.1 Å². The van der Waals surface area contributed by atoms with Crippen molar-refractivity contribution in [3.8, 4) is 11.5 Å². The van der Waals surface area contributed by atoms with Crippen molar-refractivity contribution in [3.05, 3.63) is 56.5 Å². The third-order valence-electron chi connectivity index (χ3n) is 3.02. The summed E-state index contributed by atoms with van der Waals surface area (Å²) in [6, 6.07) is 8.78. The first kappa shape index (κ1) is 16.8. The van der Waals surface area contributed by atoms with Gasteiger partial charge in [0.05, 0.1) is 19.1 Å². The van der Waals surface area contributed by atoms with Crippen LogP contribution in [0.4, 0.5) is 11.4 Å². The molecule has 0 heterocycles. The van der Waals surface area contributed by atoms with Gasteiger partial charge in [-0.3, -0.25) is 14.9 Å². The van der Waals surface area contributed by atoms with E-state index in [9.17, 15) is 14.9 Å². The predicted octanol–water partition coefficient (Wildman–Crippen LogP) is 3.63. The molecular formula is C15H13BrN2O5. The highest BCUT2D eigenvalue weighted by Gasteiger charge is 2.15. The van der Waals surface area contributed by atoms with E-state index in [1.807, 2.05) is 0 Å². The molecule has 0 radical (unpaired) electrons. The Labute approximate surface area is 140 Å². The summed E-state index contributed by atoms with van der Waals surface area (Å²) in [6.45, 7) is 0. The fraction of sp³-hybridized carbons (Fsp3) is 0.133. The standard InChI is InChI=1S/C15H13BrN2O5/c1-22-12-6-9(7-13(23-2)14(12)16)15(19)17-10-4-3-5-11(8-10)18(20)21/h3-8H,1-2H3,(H,17,19). The lowest BCUT2D eigenvalue weighted by molar-refractivity contribution is -0.384. The molecule has 1 N–H and O–H groups in total. The number of anilines is 1. The Kier molecular flexibility index (Phi) is 5.17. The Hall–Kier alpha value is -2.61. The minimum atomic E-state index is -0.526. The van der Waals surface area contributed by atoms with Crippen LogP contribution in [0.2, 0.25) is 0 Å². The van der Waals surface area contributed by atoms with Crippen LogP contribution in [0.15, 0.2) is 40.9 Å². The zero-order valence-corrected chi connectivity index (χ0v) is 13.9. The number of hydrogen-bond acceptors (Lipinski definition) is 5. The number of ether oxygens (including phenoxy) is 2. The molecule has 2 rings (SSSR count). The number of methoxy groups -OCH3 is 2. The fourth-order valence-electron chi connectivity index (χ4n) is 1.90. The van der Waals surface area contributed by atoms with Crippen LogP contribution in [-0.4, -0.2) is 25.1 Å². The van der Waals surface area contributed by atoms with Gasteiger partial charge in [0.15, 0.2) is 0 Å². The normalized spacial score (nSPS) is 10.0. The first-order valence-electron chi connectivity index (χ1n) is 6.43. The van der Waals surface area contributed by atoms with Crippen LogP contribution in [0.3, 0.4) is 0 Å². The summed E-state index contributed by atoms with van der Waals surface area (Å²) < 4.78 is 11.0. The summed E-state index contributed by atoms with van der Waals surface area (Å²) in [7, 11) is 2.95. The molecule has 0 fully saturated rings. The molecule has 0 unspecified atom stereocenters. The summed E-state index contributed by atoms with van der Waals surface area (Å²) in [6.07, 6.45) is 0. The van der Waals surface area contributed by atoms with E-state index in [-0.39, 0.29) is 5.69 Å². The number of benzene rings is 2. The highest BCUT2D eigenvalue weighted by atomic mass is 79.9. The summed E-state index contributed by atoms with van der Waals surface area (Å²) in [5, 5.41) is 13.4. The van der Waals surface area contributed by atoms with Crippen LogP contribution in [0.1, 0.15) is 10.4 Å². The number of non-ortho nitro benzene ring substituents is 1. The van der Waals surface area contributed by atoms with Crippen LogP contribution >= 0.6 is 15.9 Å². The van der Waals surface area contributed by atoms with Gasteiger partial charge >= 0.3 is 0 Å². The van der Waals surface area contributed by atoms with Crippen LogP contribution < -0.4 is 14.8 Å². The summed E-state index contributed by atoms with van der Waals surface area (Å²) in [5.74, 6) is 0.441. The van der Waals surface area contributed by atoms with E-state index >= 15 is 0 Å². The second kappa shape index (κ2) is 7.10. The van der Waals surface area contributed by atoms with Gasteiger partial charge in [0.25, 0.3) is 11.6 Å². The van der Waals surface area contributed by atoms with Crippen molar-refractivity contribution in [3.63, 3.8) is 0 Å². The maximum absolute atomic E-state index is 12.3. The summed E-state index contributed by atoms with van der Waals surface area (Å²) in [5.41, 5.74) is 0.521. The average Bonchev–Trinajstić information content (AvgIpc) is 2.55. The van der Waals surface area contributed by atoms with Crippen LogP contribution in [0.25, 0.3) is 0 Å². The highest BCUT2D eigenvalue weighted by molar-refractivity contribution is 9.10. The number of amides is 1. The molecule has 0 aromatic heterocycles. The van der Waals surface area contributed by atoms with Gasteiger partial charge in [0.1, 0.15) is 16.0 Å². The topological polar surface area (TPSA) is 90.7 Å². The molecule has 0 spiro atoms. The molecule has 0 aliphatic rings. The quantitative estimate of drug-likeness (QED) is 0.631. The minimum absolute atomic E-state index is 0.103. The molecule has 0 aliphatic carbocycles. The van der Waals surface area contributed by atoms with Gasteiger partial charge in [-0.15, -0.1) is 0 Å². The zero-order valence-electron chi connectivity index (χ0n) is 12.3. The maximum atomic E-state index is 12.3. The second-order valence-electron chi connectivity index (χ2n) is 4.46. The predicted molar refractivity (Wildman–Crippen MR) is 88.3 cm³/mol. The number of carbonyl (C=O) groups is 1. The van der Waals surface area contributed by atoms with Crippen molar-refractivity contribution in [1.29, 1.82) is 0 Å². The molecule has 0 atom stereocenters. The van der Waals surface area contributed by atoms with E-state index in [0.29, 0.717) is 27.2 Å². The van der Waals surface area contributed by atoms with Crippen LogP contribution in [0.5, 0.6) is 11.5 Å². The van der Waals surface area contributed by atoms with Crippen LogP contribution in [-0.2, 0) is 0 Å². The van der Waals surface area contributed by atoms with Gasteiger partial charge in [0.2, 0.25) is 0 Å². The Morgan fingerprint density at radius 3 is 2.30 bits per heavy atom. The van der Waals surface area contributed by atoms with E-state index in [1.54, 1.807) is 18.2 Å². The monoisotopic (exact) mass is 380 g/mol. The maximum Gasteiger partial charge on any atom is 0.271 e. The first-order chi connectivity index (χ1) is 11.0. The Morgan fingerprint density at radius 1 is 1.17 bits per heavy atom. The van der Waals surface area contributed by atoms with Gasteiger partial charge in [-0.05, 0) is 34.1 Å². The van der Waals surface area contributed by atoms with Gasteiger partial charge in [-0.1, -0.05) is 6.07 Å². The lowest BCUT2D eigenvalue weighted by Gasteiger charge is -2.11. The molecular weight excluding hydrogens is 368 g/mol. The molecule has 0 aliphatic heterocycles. The number of halogens is 1. The van der Waals surface area contributed by atoms with Crippen molar-refractivity contribution in [1.82, 2.24) is 0 Å². The summed E-state index contributed by atoms with van der Waals surface area (Å²) in [4.78, 5) is 22.6. The van der Waals surface area contributed by atoms with Gasteiger partial charge in [0, 0.05) is 23.4 Å². The summed E-state index contributed by atoms with van der Waals surface area (Å²) >= 11 is 3.32. The van der Waals surface area contributed by atoms with E-state index < -0.39 is 10.8 Å². The molecule has 0 saturated heterocycles. The Bertz CT molecular complexity index is 738. The number of nitro benzene ring substituents is 1. The molecule has 0 bridgehead atoms. The van der Waals surface area contributed by atoms with E-state index in [4.69, 9.17) is 9.47 Å². The third kappa shape index (κ3) is 3.78. The number of carbonyl (C=O) groups excluding carboxylic acids is 1. The average molecular weight is 381 g/mol. The largest absolute Gasteiger partial charge is 0.495 e. The molecule has 23 heavy (non-hydrogen) atoms. The van der Waals surface area contributed by atoms with Crippen molar-refractivity contribution in [2.24, 2.45) is 0 Å². The molecule has 7 nitrogen and oxygen atoms in total. The molecule has 120 valence electrons. The smallest absolute Gasteiger partial charge is 0.271 e. The van der Waals surface area contributed by atoms with Gasteiger partial charge < -0.3 is 14.8 Å². The number of rotatable bonds is 5. The fourth-order valence-corrected chi connectivity index (χ4v) is 2.45. The van der Waals surface area contributed by atoms with Crippen molar-refractivity contribution in [2.45, 2.75) is 0 Å². The molecule has 1 amide bonds. The van der Waals surface area contributed by atoms with Gasteiger partial charge in [-0.2, -0.15) is 0 Å². The molecule has 8 heteroatoms. The lowest BCUT2D eigenvalue weighted by atomic mass is 10.1. The number of nitro groups is 1. The van der Waals surface area contributed by atoms with E-state index in [0.717, 1.165) is 0 Å². The third-order valence-corrected chi connectivity index (χ3v) is 3.80. The Morgan fingerprint density at radius 2 is 1.78 bits per heavy atom. The van der Waals surface area contributed by atoms with E-state index in [2.05, 4.69) is 21.2 Å². The van der Waals surface area contributed by atoms with Crippen molar-refractivity contribution >= 4 is 33.2 Å².